The number of aromatic nitrogens is 4. The summed E-state index contributed by atoms with van der Waals surface area (Å²) in [6, 6.07) is 3.59. The van der Waals surface area contributed by atoms with Gasteiger partial charge in [-0.05, 0) is 32.8 Å². The lowest BCUT2D eigenvalue weighted by molar-refractivity contribution is -0.0361. The first kappa shape index (κ1) is 21.8. The molecule has 0 saturated heterocycles. The highest BCUT2D eigenvalue weighted by Gasteiger charge is 2.35. The summed E-state index contributed by atoms with van der Waals surface area (Å²) in [5, 5.41) is 12.2. The Balaban J connectivity index is 1.84. The van der Waals surface area contributed by atoms with Crippen LogP contribution in [0.4, 0.5) is 20.4 Å². The highest BCUT2D eigenvalue weighted by atomic mass is 19.3. The Hall–Kier alpha value is -2.95. The van der Waals surface area contributed by atoms with Crippen molar-refractivity contribution in [1.82, 2.24) is 24.8 Å². The van der Waals surface area contributed by atoms with Crippen LogP contribution in [0.15, 0.2) is 24.0 Å². The quantitative estimate of drug-likeness (QED) is 0.397. The van der Waals surface area contributed by atoms with Crippen LogP contribution in [0, 0.1) is 13.8 Å². The summed E-state index contributed by atoms with van der Waals surface area (Å²) in [6.45, 7) is 4.13. The average Bonchev–Trinajstić information content (AvgIpc) is 2.99. The smallest absolute Gasteiger partial charge is 0.254 e. The zero-order valence-electron chi connectivity index (χ0n) is 17.5. The molecule has 1 aliphatic carbocycles. The van der Waals surface area contributed by atoms with E-state index in [1.54, 1.807) is 24.0 Å². The van der Waals surface area contributed by atoms with Crippen LogP contribution in [-0.4, -0.2) is 50.3 Å². The molecule has 1 fully saturated rings. The second-order valence-electron chi connectivity index (χ2n) is 7.77. The van der Waals surface area contributed by atoms with E-state index >= 15 is 0 Å². The largest absolute Gasteiger partial charge is 0.399 e. The summed E-state index contributed by atoms with van der Waals surface area (Å²) in [7, 11) is 1.67. The number of nitrogens with one attached hydrogen (secondary N) is 2. The van der Waals surface area contributed by atoms with Gasteiger partial charge in [-0.25, -0.2) is 19.3 Å². The highest BCUT2D eigenvalue weighted by Crippen LogP contribution is 2.34. The van der Waals surface area contributed by atoms with E-state index in [0.29, 0.717) is 42.7 Å². The molecule has 3 rings (SSSR count). The Kier molecular flexibility index (Phi) is 6.40. The molecule has 1 aliphatic rings. The number of aryl methyl sites for hydroxylation is 2. The Morgan fingerprint density at radius 1 is 1.27 bits per heavy atom. The second-order valence-corrected chi connectivity index (χ2v) is 7.77. The lowest BCUT2D eigenvalue weighted by atomic mass is 9.92. The summed E-state index contributed by atoms with van der Waals surface area (Å²) < 4.78 is 28.6. The number of anilines is 2. The summed E-state index contributed by atoms with van der Waals surface area (Å²) in [4.78, 5) is 9.10. The third kappa shape index (κ3) is 5.78. The van der Waals surface area contributed by atoms with Crippen molar-refractivity contribution in [3.8, 4) is 5.95 Å². The molecule has 1 saturated carbocycles. The van der Waals surface area contributed by atoms with E-state index in [1.807, 2.05) is 19.9 Å². The summed E-state index contributed by atoms with van der Waals surface area (Å²) >= 11 is 0. The first-order valence-corrected chi connectivity index (χ1v) is 9.86. The Morgan fingerprint density at radius 3 is 2.53 bits per heavy atom. The van der Waals surface area contributed by atoms with Gasteiger partial charge >= 0.3 is 0 Å². The fourth-order valence-electron chi connectivity index (χ4n) is 3.42. The summed E-state index contributed by atoms with van der Waals surface area (Å²) in [6.07, 6.45) is 2.11. The van der Waals surface area contributed by atoms with Crippen molar-refractivity contribution in [3.05, 3.63) is 35.4 Å². The van der Waals surface area contributed by atoms with E-state index in [0.717, 1.165) is 11.4 Å². The predicted molar refractivity (Wildman–Crippen MR) is 112 cm³/mol. The lowest BCUT2D eigenvalue weighted by Gasteiger charge is -2.29. The third-order valence-electron chi connectivity index (χ3n) is 4.83. The maximum Gasteiger partial charge on any atom is 0.254 e. The molecule has 2 heterocycles. The van der Waals surface area contributed by atoms with Crippen molar-refractivity contribution >= 4 is 11.6 Å². The molecule has 0 amide bonds. The fraction of sp³-hybridized carbons (Fsp3) is 0.526. The summed E-state index contributed by atoms with van der Waals surface area (Å²) in [5.41, 5.74) is 8.20. The fourth-order valence-corrected chi connectivity index (χ4v) is 3.42. The van der Waals surface area contributed by atoms with Crippen LogP contribution in [0.1, 0.15) is 37.1 Å². The van der Waals surface area contributed by atoms with Gasteiger partial charge in [-0.2, -0.15) is 15.1 Å². The number of halogens is 2. The van der Waals surface area contributed by atoms with Crippen molar-refractivity contribution in [2.75, 3.05) is 24.2 Å². The predicted octanol–water partition coefficient (Wildman–Crippen LogP) is 2.29. The molecule has 6 N–H and O–H groups in total. The number of hydrazine groups is 1. The number of nitrogens with zero attached hydrogens (tertiary/aromatic N) is 5. The van der Waals surface area contributed by atoms with Crippen LogP contribution in [0.3, 0.4) is 0 Å². The van der Waals surface area contributed by atoms with Crippen LogP contribution >= 0.6 is 0 Å². The molecule has 30 heavy (non-hydrogen) atoms. The topological polar surface area (TPSA) is 123 Å². The van der Waals surface area contributed by atoms with Gasteiger partial charge in [0, 0.05) is 49.6 Å². The first-order valence-electron chi connectivity index (χ1n) is 9.86. The van der Waals surface area contributed by atoms with Gasteiger partial charge in [-0.1, -0.05) is 0 Å². The van der Waals surface area contributed by atoms with Gasteiger partial charge < -0.3 is 21.4 Å². The van der Waals surface area contributed by atoms with E-state index in [9.17, 15) is 8.78 Å². The zero-order chi connectivity index (χ0) is 21.9. The van der Waals surface area contributed by atoms with Gasteiger partial charge in [-0.3, -0.25) is 0 Å². The van der Waals surface area contributed by atoms with Gasteiger partial charge in [0.05, 0.1) is 12.2 Å². The molecule has 11 heteroatoms. The molecule has 2 aromatic rings. The number of hydrogen-bond acceptors (Lipinski definition) is 8. The van der Waals surface area contributed by atoms with Crippen molar-refractivity contribution in [1.29, 1.82) is 0 Å². The molecule has 0 unspecified atom stereocenters. The van der Waals surface area contributed by atoms with Crippen molar-refractivity contribution in [3.63, 3.8) is 0 Å². The Labute approximate surface area is 174 Å². The molecule has 0 aromatic carbocycles. The molecule has 0 radical (unpaired) electrons. The molecule has 0 bridgehead atoms. The van der Waals surface area contributed by atoms with E-state index in [2.05, 4.69) is 25.7 Å². The molecule has 0 aliphatic heterocycles. The average molecular weight is 422 g/mol. The van der Waals surface area contributed by atoms with Crippen molar-refractivity contribution in [2.45, 2.75) is 51.5 Å². The standard InChI is InChI=1S/C19H29F2N9/c1-12-8-13(2)30(28-12)18-26-16(24-10-14(22)11-29(3)23)9-17(27-18)25-15-4-6-19(20,21)7-5-15/h8-9,11,15H,4-7,10,22-23H2,1-3H3,(H2,24,25,26,27)/b14-11-. The van der Waals surface area contributed by atoms with E-state index in [1.165, 1.54) is 5.01 Å². The Bertz CT molecular complexity index is 897. The van der Waals surface area contributed by atoms with Crippen molar-refractivity contribution < 1.29 is 8.78 Å². The number of alkyl halides is 2. The highest BCUT2D eigenvalue weighted by molar-refractivity contribution is 5.51. The third-order valence-corrected chi connectivity index (χ3v) is 4.83. The molecular formula is C19H29F2N9. The second kappa shape index (κ2) is 8.82. The molecule has 0 atom stereocenters. The van der Waals surface area contributed by atoms with Crippen LogP contribution < -0.4 is 22.2 Å². The maximum absolute atomic E-state index is 13.5. The minimum atomic E-state index is -2.58. The van der Waals surface area contributed by atoms with Crippen LogP contribution in [0.25, 0.3) is 5.95 Å². The Morgan fingerprint density at radius 2 is 1.93 bits per heavy atom. The van der Waals surface area contributed by atoms with Crippen LogP contribution in [0.5, 0.6) is 0 Å². The van der Waals surface area contributed by atoms with Gasteiger partial charge in [0.1, 0.15) is 11.6 Å². The van der Waals surface area contributed by atoms with Crippen LogP contribution in [-0.2, 0) is 0 Å². The van der Waals surface area contributed by atoms with Crippen molar-refractivity contribution in [2.24, 2.45) is 11.6 Å². The number of nitrogens with two attached hydrogens (primary N) is 2. The molecule has 0 spiro atoms. The minimum Gasteiger partial charge on any atom is -0.399 e. The number of rotatable bonds is 7. The van der Waals surface area contributed by atoms with Gasteiger partial charge in [0.2, 0.25) is 5.92 Å². The minimum absolute atomic E-state index is 0.0727. The van der Waals surface area contributed by atoms with Gasteiger partial charge in [0.15, 0.2) is 0 Å². The SMILES string of the molecule is Cc1cc(C)n(-c2nc(NC/C(N)=C/N(C)N)cc(NC3CCC(F)(F)CC3)n2)n1. The molecular weight excluding hydrogens is 392 g/mol. The maximum atomic E-state index is 13.5. The van der Waals surface area contributed by atoms with E-state index in [-0.39, 0.29) is 18.9 Å². The monoisotopic (exact) mass is 421 g/mol. The number of hydrogen-bond donors (Lipinski definition) is 4. The molecule has 2 aromatic heterocycles. The lowest BCUT2D eigenvalue weighted by Crippen LogP contribution is -2.32. The van der Waals surface area contributed by atoms with Gasteiger partial charge in [0.25, 0.3) is 5.95 Å². The summed E-state index contributed by atoms with van der Waals surface area (Å²) in [5.74, 6) is 4.46. The van der Waals surface area contributed by atoms with E-state index < -0.39 is 5.92 Å². The van der Waals surface area contributed by atoms with E-state index in [4.69, 9.17) is 11.6 Å². The van der Waals surface area contributed by atoms with Gasteiger partial charge in [-0.15, -0.1) is 0 Å². The van der Waals surface area contributed by atoms with Crippen LogP contribution in [0.2, 0.25) is 0 Å². The molecule has 164 valence electrons. The zero-order valence-corrected chi connectivity index (χ0v) is 17.5. The normalized spacial score (nSPS) is 17.1. The molecule has 9 nitrogen and oxygen atoms in total. The first-order chi connectivity index (χ1) is 14.1.